The van der Waals surface area contributed by atoms with Gasteiger partial charge in [-0.3, -0.25) is 0 Å². The molecule has 0 aliphatic carbocycles. The van der Waals surface area contributed by atoms with Crippen LogP contribution in [0, 0.1) is 23.7 Å². The van der Waals surface area contributed by atoms with Gasteiger partial charge in [-0.25, -0.2) is 0 Å². The fraction of sp³-hybridized carbons (Fsp3) is 0.250. The number of hydrogen-bond donors (Lipinski definition) is 0. The van der Waals surface area contributed by atoms with E-state index >= 15 is 0 Å². The van der Waals surface area contributed by atoms with Crippen molar-refractivity contribution in [2.24, 2.45) is 0 Å². The predicted octanol–water partition coefficient (Wildman–Crippen LogP) is 5.75. The van der Waals surface area contributed by atoms with Gasteiger partial charge in [0.25, 0.3) is 0 Å². The summed E-state index contributed by atoms with van der Waals surface area (Å²) in [6, 6.07) is 3.24. The van der Waals surface area contributed by atoms with Gasteiger partial charge in [0, 0.05) is 11.4 Å². The minimum absolute atomic E-state index is 0.451. The molecule has 0 atom stereocenters. The van der Waals surface area contributed by atoms with E-state index in [0.29, 0.717) is 20.6 Å². The summed E-state index contributed by atoms with van der Waals surface area (Å²) in [5, 5.41) is 1.40. The monoisotopic (exact) mass is 310 g/mol. The van der Waals surface area contributed by atoms with E-state index in [-0.39, 0.29) is 0 Å². The minimum atomic E-state index is 0.451. The summed E-state index contributed by atoms with van der Waals surface area (Å²) < 4.78 is 0. The Morgan fingerprint density at radius 2 is 1.68 bits per heavy atom. The quantitative estimate of drug-likeness (QED) is 0.482. The van der Waals surface area contributed by atoms with E-state index in [1.54, 1.807) is 24.3 Å². The Balaban J connectivity index is 2.68. The van der Waals surface area contributed by atoms with E-state index < -0.39 is 0 Å². The molecule has 0 amide bonds. The average molecular weight is 312 g/mol. The first-order valence-electron chi connectivity index (χ1n) is 5.94. The van der Waals surface area contributed by atoms with Gasteiger partial charge in [0.05, 0.1) is 15.6 Å². The molecule has 0 bridgehead atoms. The zero-order valence-electron chi connectivity index (χ0n) is 10.6. The Morgan fingerprint density at radius 1 is 1.05 bits per heavy atom. The normalized spacial score (nSPS) is 9.68. The number of halogens is 3. The van der Waals surface area contributed by atoms with Crippen LogP contribution in [0.25, 0.3) is 0 Å². The Hall–Kier alpha value is -1.05. The number of unbranched alkanes of at least 4 members (excludes halogenated alkanes) is 2. The summed E-state index contributed by atoms with van der Waals surface area (Å²) in [5.74, 6) is 11.7. The highest BCUT2D eigenvalue weighted by molar-refractivity contribution is 6.39. The van der Waals surface area contributed by atoms with Crippen molar-refractivity contribution in [1.82, 2.24) is 0 Å². The second-order valence-electron chi connectivity index (χ2n) is 3.77. The number of hydrogen-bond acceptors (Lipinski definition) is 0. The Labute approximate surface area is 129 Å². The molecular weight excluding hydrogens is 299 g/mol. The van der Waals surface area contributed by atoms with Crippen molar-refractivity contribution in [1.29, 1.82) is 0 Å². The van der Waals surface area contributed by atoms with Gasteiger partial charge in [0.2, 0.25) is 0 Å². The first-order chi connectivity index (χ1) is 9.15. The highest BCUT2D eigenvalue weighted by Gasteiger charge is 2.04. The molecule has 0 nitrogen and oxygen atoms in total. The van der Waals surface area contributed by atoms with E-state index in [9.17, 15) is 0 Å². The van der Waals surface area contributed by atoms with Crippen LogP contribution in [0.5, 0.6) is 0 Å². The minimum Gasteiger partial charge on any atom is -0.0985 e. The molecule has 0 radical (unpaired) electrons. The van der Waals surface area contributed by atoms with Gasteiger partial charge in [0.15, 0.2) is 0 Å². The first-order valence-corrected chi connectivity index (χ1v) is 7.08. The summed E-state index contributed by atoms with van der Waals surface area (Å²) >= 11 is 17.8. The molecule has 0 heterocycles. The summed E-state index contributed by atoms with van der Waals surface area (Å²) in [5.41, 5.74) is 0.580. The van der Waals surface area contributed by atoms with Gasteiger partial charge >= 0.3 is 0 Å². The molecule has 0 spiro atoms. The van der Waals surface area contributed by atoms with Crippen LogP contribution in [-0.4, -0.2) is 0 Å². The van der Waals surface area contributed by atoms with E-state index in [4.69, 9.17) is 34.8 Å². The predicted molar refractivity (Wildman–Crippen MR) is 84.8 cm³/mol. The molecule has 0 unspecified atom stereocenters. The molecule has 98 valence electrons. The molecule has 0 aliphatic heterocycles. The Kier molecular flexibility index (Phi) is 7.54. The average Bonchev–Trinajstić information content (AvgIpc) is 2.35. The molecule has 3 heteroatoms. The van der Waals surface area contributed by atoms with Gasteiger partial charge in [-0.05, 0) is 30.7 Å². The second kappa shape index (κ2) is 8.95. The van der Waals surface area contributed by atoms with Crippen LogP contribution >= 0.6 is 34.8 Å². The highest BCUT2D eigenvalue weighted by Crippen LogP contribution is 2.27. The molecule has 1 aromatic rings. The summed E-state index contributed by atoms with van der Waals surface area (Å²) in [6.07, 6.45) is 6.61. The van der Waals surface area contributed by atoms with Crippen molar-refractivity contribution in [2.75, 3.05) is 0 Å². The van der Waals surface area contributed by atoms with E-state index in [1.165, 1.54) is 0 Å². The van der Waals surface area contributed by atoms with Gasteiger partial charge in [-0.2, -0.15) is 0 Å². The van der Waals surface area contributed by atoms with Crippen LogP contribution in [-0.2, 0) is 0 Å². The molecule has 19 heavy (non-hydrogen) atoms. The van der Waals surface area contributed by atoms with Crippen LogP contribution in [0.3, 0.4) is 0 Å². The molecule has 0 fully saturated rings. The van der Waals surface area contributed by atoms with Crippen molar-refractivity contribution in [3.63, 3.8) is 0 Å². The third-order valence-corrected chi connectivity index (χ3v) is 3.03. The Bertz CT molecular complexity index is 554. The maximum absolute atomic E-state index is 6.01. The van der Waals surface area contributed by atoms with Gasteiger partial charge in [-0.15, -0.1) is 0 Å². The lowest BCUT2D eigenvalue weighted by molar-refractivity contribution is 0.828. The lowest BCUT2D eigenvalue weighted by Crippen LogP contribution is -1.79. The summed E-state index contributed by atoms with van der Waals surface area (Å²) in [7, 11) is 0. The smallest absolute Gasteiger partial charge is 0.0622 e. The third-order valence-electron chi connectivity index (χ3n) is 2.21. The van der Waals surface area contributed by atoms with E-state index in [1.807, 2.05) is 0 Å². The van der Waals surface area contributed by atoms with Crippen LogP contribution in [0.2, 0.25) is 15.1 Å². The summed E-state index contributed by atoms with van der Waals surface area (Å²) in [6.45, 7) is 2.14. The maximum Gasteiger partial charge on any atom is 0.0622 e. The van der Waals surface area contributed by atoms with Crippen molar-refractivity contribution in [3.05, 3.63) is 44.9 Å². The first kappa shape index (κ1) is 16.0. The van der Waals surface area contributed by atoms with Crippen LogP contribution in [0.4, 0.5) is 0 Å². The molecule has 0 saturated carbocycles. The molecule has 0 aliphatic rings. The van der Waals surface area contributed by atoms with Crippen molar-refractivity contribution >= 4 is 34.8 Å². The highest BCUT2D eigenvalue weighted by atomic mass is 35.5. The van der Waals surface area contributed by atoms with E-state index in [0.717, 1.165) is 19.3 Å². The van der Waals surface area contributed by atoms with Gasteiger partial charge < -0.3 is 0 Å². The van der Waals surface area contributed by atoms with Gasteiger partial charge in [0.1, 0.15) is 0 Å². The SMILES string of the molecule is CCCCC#CC=CC#Cc1c(Cl)cc(Cl)cc1Cl. The van der Waals surface area contributed by atoms with Crippen LogP contribution < -0.4 is 0 Å². The molecule has 1 aromatic carbocycles. The van der Waals surface area contributed by atoms with Crippen LogP contribution in [0.15, 0.2) is 24.3 Å². The lowest BCUT2D eigenvalue weighted by atomic mass is 10.2. The largest absolute Gasteiger partial charge is 0.0985 e. The van der Waals surface area contributed by atoms with Crippen molar-refractivity contribution < 1.29 is 0 Å². The van der Waals surface area contributed by atoms with Crippen LogP contribution in [0.1, 0.15) is 31.7 Å². The summed E-state index contributed by atoms with van der Waals surface area (Å²) in [4.78, 5) is 0. The van der Waals surface area contributed by atoms with Crippen molar-refractivity contribution in [3.8, 4) is 23.7 Å². The number of rotatable bonds is 2. The van der Waals surface area contributed by atoms with Gasteiger partial charge in [-0.1, -0.05) is 71.8 Å². The zero-order valence-corrected chi connectivity index (χ0v) is 12.8. The fourth-order valence-electron chi connectivity index (χ4n) is 1.26. The number of benzene rings is 1. The fourth-order valence-corrected chi connectivity index (χ4v) is 2.17. The Morgan fingerprint density at radius 3 is 2.32 bits per heavy atom. The third kappa shape index (κ3) is 6.09. The number of allylic oxidation sites excluding steroid dienone is 2. The molecule has 0 aromatic heterocycles. The topological polar surface area (TPSA) is 0 Å². The molecular formula is C16H13Cl3. The molecule has 1 rings (SSSR count). The van der Waals surface area contributed by atoms with Crippen molar-refractivity contribution in [2.45, 2.75) is 26.2 Å². The second-order valence-corrected chi connectivity index (χ2v) is 5.02. The molecule has 0 N–H and O–H groups in total. The lowest BCUT2D eigenvalue weighted by Gasteiger charge is -1.99. The maximum atomic E-state index is 6.01. The zero-order chi connectivity index (χ0) is 14.1. The van der Waals surface area contributed by atoms with E-state index in [2.05, 4.69) is 30.6 Å². The molecule has 0 saturated heterocycles. The standard InChI is InChI=1S/C16H13Cl3/c1-2-3-4-5-6-7-8-9-10-14-15(18)11-13(17)12-16(14)19/h7-8,11-12H,2-4H2,1H3.